The fraction of sp³-hybridized carbons (Fsp3) is 0.391. The van der Waals surface area contributed by atoms with Crippen molar-refractivity contribution in [3.05, 3.63) is 66.0 Å². The van der Waals surface area contributed by atoms with Crippen LogP contribution in [0.2, 0.25) is 0 Å². The summed E-state index contributed by atoms with van der Waals surface area (Å²) >= 11 is 1.48. The van der Waals surface area contributed by atoms with Gasteiger partial charge in [-0.1, -0.05) is 30.3 Å². The molecule has 1 aliphatic rings. The van der Waals surface area contributed by atoms with Crippen LogP contribution >= 0.6 is 11.8 Å². The number of rotatable bonds is 9. The highest BCUT2D eigenvalue weighted by molar-refractivity contribution is 8.00. The fourth-order valence-electron chi connectivity index (χ4n) is 3.44. The highest BCUT2D eigenvalue weighted by Crippen LogP contribution is 2.22. The van der Waals surface area contributed by atoms with E-state index < -0.39 is 6.04 Å². The van der Waals surface area contributed by atoms with Gasteiger partial charge in [0.25, 0.3) is 0 Å². The van der Waals surface area contributed by atoms with Crippen LogP contribution in [0.25, 0.3) is 0 Å². The van der Waals surface area contributed by atoms with E-state index in [1.54, 1.807) is 12.1 Å². The Morgan fingerprint density at radius 1 is 1.20 bits per heavy atom. The third-order valence-corrected chi connectivity index (χ3v) is 6.44. The lowest BCUT2D eigenvalue weighted by molar-refractivity contribution is -0.128. The van der Waals surface area contributed by atoms with Gasteiger partial charge in [0.2, 0.25) is 11.8 Å². The maximum Gasteiger partial charge on any atom is 0.243 e. The first-order valence-electron chi connectivity index (χ1n) is 10.3. The molecule has 0 spiro atoms. The first-order chi connectivity index (χ1) is 14.6. The van der Waals surface area contributed by atoms with Crippen molar-refractivity contribution in [3.8, 4) is 0 Å². The van der Waals surface area contributed by atoms with Gasteiger partial charge in [0.15, 0.2) is 0 Å². The van der Waals surface area contributed by atoms with Crippen molar-refractivity contribution in [2.75, 3.05) is 30.3 Å². The normalized spacial score (nSPS) is 18.5. The summed E-state index contributed by atoms with van der Waals surface area (Å²) in [6, 6.07) is 15.9. The second kappa shape index (κ2) is 11.0. The first-order valence-corrected chi connectivity index (χ1v) is 11.4. The number of nitrogens with zero attached hydrogens (tertiary/aromatic N) is 1. The van der Waals surface area contributed by atoms with Gasteiger partial charge in [-0.25, -0.2) is 4.39 Å². The lowest BCUT2D eigenvalue weighted by atomic mass is 10.1. The standard InChI is InChI=1S/C23H28FN3O2S/c1-2-27(19-7-4-3-5-8-19)14-6-13-25-22(28)20-16-30-21(23(29)26-20)15-17-9-11-18(24)12-10-17/h3-5,7-12,20-21H,2,6,13-16H2,1H3,(H,25,28)(H,26,29). The summed E-state index contributed by atoms with van der Waals surface area (Å²) in [5, 5.41) is 5.51. The molecule has 0 aliphatic carbocycles. The van der Waals surface area contributed by atoms with E-state index in [0.717, 1.165) is 25.1 Å². The zero-order valence-corrected chi connectivity index (χ0v) is 18.0. The lowest BCUT2D eigenvalue weighted by Crippen LogP contribution is -2.54. The molecule has 2 aromatic rings. The van der Waals surface area contributed by atoms with Crippen LogP contribution in [0.5, 0.6) is 0 Å². The van der Waals surface area contributed by atoms with Crippen LogP contribution in [0, 0.1) is 5.82 Å². The summed E-state index contributed by atoms with van der Waals surface area (Å²) in [4.78, 5) is 27.1. The summed E-state index contributed by atoms with van der Waals surface area (Å²) < 4.78 is 13.0. The van der Waals surface area contributed by atoms with E-state index in [1.807, 2.05) is 18.2 Å². The van der Waals surface area contributed by atoms with Gasteiger partial charge in [-0.2, -0.15) is 0 Å². The summed E-state index contributed by atoms with van der Waals surface area (Å²) in [6.45, 7) is 4.44. The number of carbonyl (C=O) groups excluding carboxylic acids is 2. The molecule has 2 aromatic carbocycles. The average Bonchev–Trinajstić information content (AvgIpc) is 2.77. The minimum atomic E-state index is -0.511. The maximum absolute atomic E-state index is 13.0. The molecule has 2 unspecified atom stereocenters. The Hall–Kier alpha value is -2.54. The van der Waals surface area contributed by atoms with E-state index in [-0.39, 0.29) is 22.9 Å². The van der Waals surface area contributed by atoms with Crippen molar-refractivity contribution in [2.45, 2.75) is 31.1 Å². The quantitative estimate of drug-likeness (QED) is 0.602. The van der Waals surface area contributed by atoms with Crippen LogP contribution in [0.3, 0.4) is 0 Å². The van der Waals surface area contributed by atoms with E-state index >= 15 is 0 Å². The van der Waals surface area contributed by atoms with Crippen molar-refractivity contribution in [3.63, 3.8) is 0 Å². The maximum atomic E-state index is 13.0. The molecule has 1 aliphatic heterocycles. The van der Waals surface area contributed by atoms with Crippen LogP contribution < -0.4 is 15.5 Å². The molecule has 3 rings (SSSR count). The van der Waals surface area contributed by atoms with E-state index in [9.17, 15) is 14.0 Å². The number of para-hydroxylation sites is 1. The molecule has 160 valence electrons. The molecule has 2 amide bonds. The van der Waals surface area contributed by atoms with Crippen LogP contribution in [-0.4, -0.2) is 48.5 Å². The van der Waals surface area contributed by atoms with Crippen LogP contribution in [-0.2, 0) is 16.0 Å². The molecular weight excluding hydrogens is 401 g/mol. The molecular formula is C23H28FN3O2S. The number of hydrogen-bond acceptors (Lipinski definition) is 4. The minimum Gasteiger partial charge on any atom is -0.372 e. The van der Waals surface area contributed by atoms with E-state index in [2.05, 4.69) is 34.6 Å². The number of anilines is 1. The Morgan fingerprint density at radius 2 is 1.93 bits per heavy atom. The Balaban J connectivity index is 1.39. The van der Waals surface area contributed by atoms with Crippen LogP contribution in [0.15, 0.2) is 54.6 Å². The van der Waals surface area contributed by atoms with Gasteiger partial charge >= 0.3 is 0 Å². The summed E-state index contributed by atoms with van der Waals surface area (Å²) in [7, 11) is 0. The van der Waals surface area contributed by atoms with Gasteiger partial charge in [0.1, 0.15) is 11.9 Å². The van der Waals surface area contributed by atoms with Crippen molar-refractivity contribution < 1.29 is 14.0 Å². The van der Waals surface area contributed by atoms with Crippen molar-refractivity contribution in [1.29, 1.82) is 0 Å². The predicted octanol–water partition coefficient (Wildman–Crippen LogP) is 3.00. The fourth-order valence-corrected chi connectivity index (χ4v) is 4.62. The summed E-state index contributed by atoms with van der Waals surface area (Å²) in [5.74, 6) is -0.0352. The third-order valence-electron chi connectivity index (χ3n) is 5.13. The molecule has 1 fully saturated rings. The zero-order chi connectivity index (χ0) is 21.3. The first kappa shape index (κ1) is 22.2. The Morgan fingerprint density at radius 3 is 2.60 bits per heavy atom. The molecule has 1 heterocycles. The number of hydrogen-bond donors (Lipinski definition) is 2. The largest absolute Gasteiger partial charge is 0.372 e. The zero-order valence-electron chi connectivity index (χ0n) is 17.1. The number of thioether (sulfide) groups is 1. The molecule has 0 bridgehead atoms. The van der Waals surface area contributed by atoms with Crippen LogP contribution in [0.1, 0.15) is 18.9 Å². The Labute approximate surface area is 181 Å². The van der Waals surface area contributed by atoms with Crippen molar-refractivity contribution >= 4 is 29.3 Å². The molecule has 0 radical (unpaired) electrons. The topological polar surface area (TPSA) is 61.4 Å². The molecule has 30 heavy (non-hydrogen) atoms. The molecule has 2 N–H and O–H groups in total. The number of halogens is 1. The summed E-state index contributed by atoms with van der Waals surface area (Å²) in [6.07, 6.45) is 1.35. The van der Waals surface area contributed by atoms with Gasteiger partial charge in [-0.3, -0.25) is 9.59 Å². The smallest absolute Gasteiger partial charge is 0.243 e. The van der Waals surface area contributed by atoms with Gasteiger partial charge in [-0.15, -0.1) is 11.8 Å². The minimum absolute atomic E-state index is 0.140. The highest BCUT2D eigenvalue weighted by Gasteiger charge is 2.32. The second-order valence-electron chi connectivity index (χ2n) is 7.27. The number of carbonyl (C=O) groups is 2. The van der Waals surface area contributed by atoms with E-state index in [4.69, 9.17) is 0 Å². The van der Waals surface area contributed by atoms with E-state index in [1.165, 1.54) is 29.6 Å². The highest BCUT2D eigenvalue weighted by atomic mass is 32.2. The Kier molecular flexibility index (Phi) is 8.13. The number of benzene rings is 2. The molecule has 2 atom stereocenters. The predicted molar refractivity (Wildman–Crippen MR) is 120 cm³/mol. The lowest BCUT2D eigenvalue weighted by Gasteiger charge is -2.28. The van der Waals surface area contributed by atoms with Crippen molar-refractivity contribution in [2.24, 2.45) is 0 Å². The van der Waals surface area contributed by atoms with Crippen LogP contribution in [0.4, 0.5) is 10.1 Å². The number of amides is 2. The summed E-state index contributed by atoms with van der Waals surface area (Å²) in [5.41, 5.74) is 2.08. The van der Waals surface area contributed by atoms with Gasteiger partial charge in [0, 0.05) is 31.1 Å². The van der Waals surface area contributed by atoms with Crippen molar-refractivity contribution in [1.82, 2.24) is 10.6 Å². The second-order valence-corrected chi connectivity index (χ2v) is 8.51. The molecule has 1 saturated heterocycles. The average molecular weight is 430 g/mol. The monoisotopic (exact) mass is 429 g/mol. The van der Waals surface area contributed by atoms with Gasteiger partial charge in [-0.05, 0) is 49.6 Å². The third kappa shape index (κ3) is 6.23. The Bertz CT molecular complexity index is 832. The van der Waals surface area contributed by atoms with Gasteiger partial charge in [0.05, 0.1) is 5.25 Å². The van der Waals surface area contributed by atoms with Gasteiger partial charge < -0.3 is 15.5 Å². The SMILES string of the molecule is CCN(CCCNC(=O)C1CSC(Cc2ccc(F)cc2)C(=O)N1)c1ccccc1. The molecule has 0 saturated carbocycles. The molecule has 7 heteroatoms. The molecule has 5 nitrogen and oxygen atoms in total. The molecule has 0 aromatic heterocycles. The van der Waals surface area contributed by atoms with E-state index in [0.29, 0.717) is 18.7 Å². The number of nitrogens with one attached hydrogen (secondary N) is 2.